The maximum Gasteiger partial charge on any atom is 0.0277 e. The SMILES string of the molecule is CN=CC1=C(N)CCNC1. The number of nitrogens with zero attached hydrogens (tertiary/aromatic N) is 1. The molecule has 1 aliphatic heterocycles. The van der Waals surface area contributed by atoms with Gasteiger partial charge in [-0.1, -0.05) is 0 Å². The summed E-state index contributed by atoms with van der Waals surface area (Å²) in [6, 6.07) is 0. The molecule has 0 amide bonds. The average molecular weight is 139 g/mol. The van der Waals surface area contributed by atoms with Crippen LogP contribution in [-0.4, -0.2) is 26.4 Å². The van der Waals surface area contributed by atoms with Crippen LogP contribution >= 0.6 is 0 Å². The zero-order chi connectivity index (χ0) is 7.40. The molecule has 0 radical (unpaired) electrons. The van der Waals surface area contributed by atoms with Crippen molar-refractivity contribution in [3.05, 3.63) is 11.3 Å². The molecule has 0 aromatic rings. The predicted molar refractivity (Wildman–Crippen MR) is 43.1 cm³/mol. The van der Waals surface area contributed by atoms with E-state index in [9.17, 15) is 0 Å². The molecular formula is C7H13N3. The van der Waals surface area contributed by atoms with E-state index < -0.39 is 0 Å². The van der Waals surface area contributed by atoms with Gasteiger partial charge in [0.1, 0.15) is 0 Å². The molecule has 3 nitrogen and oxygen atoms in total. The normalized spacial score (nSPS) is 20.5. The van der Waals surface area contributed by atoms with Crippen molar-refractivity contribution in [2.24, 2.45) is 10.7 Å². The van der Waals surface area contributed by atoms with Crippen LogP contribution in [0, 0.1) is 0 Å². The van der Waals surface area contributed by atoms with E-state index in [1.54, 1.807) is 7.05 Å². The first-order chi connectivity index (χ1) is 4.84. The van der Waals surface area contributed by atoms with Gasteiger partial charge in [0, 0.05) is 37.6 Å². The molecule has 3 N–H and O–H groups in total. The lowest BCUT2D eigenvalue weighted by atomic mass is 10.1. The van der Waals surface area contributed by atoms with Gasteiger partial charge in [0.05, 0.1) is 0 Å². The van der Waals surface area contributed by atoms with E-state index in [1.165, 1.54) is 0 Å². The third-order valence-corrected chi connectivity index (χ3v) is 1.58. The van der Waals surface area contributed by atoms with Crippen LogP contribution in [0.15, 0.2) is 16.3 Å². The molecule has 0 bridgehead atoms. The van der Waals surface area contributed by atoms with Crippen LogP contribution in [-0.2, 0) is 0 Å². The topological polar surface area (TPSA) is 50.4 Å². The summed E-state index contributed by atoms with van der Waals surface area (Å²) >= 11 is 0. The van der Waals surface area contributed by atoms with Gasteiger partial charge in [0.15, 0.2) is 0 Å². The Kier molecular flexibility index (Phi) is 2.45. The lowest BCUT2D eigenvalue weighted by molar-refractivity contribution is 0.687. The quantitative estimate of drug-likeness (QED) is 0.498. The van der Waals surface area contributed by atoms with Gasteiger partial charge in [0.2, 0.25) is 0 Å². The van der Waals surface area contributed by atoms with Crippen molar-refractivity contribution < 1.29 is 0 Å². The van der Waals surface area contributed by atoms with Crippen LogP contribution in [0.25, 0.3) is 0 Å². The van der Waals surface area contributed by atoms with Crippen molar-refractivity contribution >= 4 is 6.21 Å². The molecule has 1 rings (SSSR count). The third kappa shape index (κ3) is 1.57. The summed E-state index contributed by atoms with van der Waals surface area (Å²) in [7, 11) is 1.76. The van der Waals surface area contributed by atoms with E-state index >= 15 is 0 Å². The standard InChI is InChI=1S/C7H13N3/c1-9-4-6-5-10-3-2-7(6)8/h4,10H,2-3,5,8H2,1H3. The van der Waals surface area contributed by atoms with Crippen LogP contribution in [0.1, 0.15) is 6.42 Å². The maximum atomic E-state index is 5.71. The van der Waals surface area contributed by atoms with Crippen molar-refractivity contribution in [2.45, 2.75) is 6.42 Å². The fourth-order valence-electron chi connectivity index (χ4n) is 1.00. The molecule has 1 aliphatic rings. The molecule has 0 aromatic carbocycles. The Morgan fingerprint density at radius 2 is 2.50 bits per heavy atom. The zero-order valence-electron chi connectivity index (χ0n) is 6.22. The number of hydrogen-bond donors (Lipinski definition) is 2. The van der Waals surface area contributed by atoms with Crippen molar-refractivity contribution in [1.82, 2.24) is 5.32 Å². The van der Waals surface area contributed by atoms with Gasteiger partial charge in [-0.2, -0.15) is 0 Å². The Balaban J connectivity index is 2.68. The predicted octanol–water partition coefficient (Wildman–Crippen LogP) is -0.107. The first-order valence-electron chi connectivity index (χ1n) is 3.45. The smallest absolute Gasteiger partial charge is 0.0277 e. The molecule has 0 unspecified atom stereocenters. The molecule has 10 heavy (non-hydrogen) atoms. The molecule has 0 fully saturated rings. The van der Waals surface area contributed by atoms with Crippen molar-refractivity contribution in [1.29, 1.82) is 0 Å². The van der Waals surface area contributed by atoms with Crippen LogP contribution in [0.5, 0.6) is 0 Å². The van der Waals surface area contributed by atoms with Gasteiger partial charge in [-0.25, -0.2) is 0 Å². The molecule has 0 atom stereocenters. The minimum Gasteiger partial charge on any atom is -0.402 e. The Labute approximate surface area is 61.0 Å². The van der Waals surface area contributed by atoms with Crippen molar-refractivity contribution in [3.8, 4) is 0 Å². The number of aliphatic imine (C=N–C) groups is 1. The molecule has 0 spiro atoms. The molecule has 0 aliphatic carbocycles. The Bertz CT molecular complexity index is 170. The van der Waals surface area contributed by atoms with Crippen LogP contribution < -0.4 is 11.1 Å². The van der Waals surface area contributed by atoms with Crippen LogP contribution in [0.2, 0.25) is 0 Å². The van der Waals surface area contributed by atoms with Gasteiger partial charge in [0.25, 0.3) is 0 Å². The number of hydrogen-bond acceptors (Lipinski definition) is 3. The molecule has 1 heterocycles. The molecule has 0 saturated heterocycles. The summed E-state index contributed by atoms with van der Waals surface area (Å²) in [4.78, 5) is 3.91. The Morgan fingerprint density at radius 1 is 1.70 bits per heavy atom. The van der Waals surface area contributed by atoms with Gasteiger partial charge in [-0.05, 0) is 6.42 Å². The highest BCUT2D eigenvalue weighted by molar-refractivity contribution is 5.80. The number of nitrogens with two attached hydrogens (primary N) is 1. The summed E-state index contributed by atoms with van der Waals surface area (Å²) in [5.74, 6) is 0. The summed E-state index contributed by atoms with van der Waals surface area (Å²) in [6.07, 6.45) is 2.77. The van der Waals surface area contributed by atoms with E-state index in [4.69, 9.17) is 5.73 Å². The van der Waals surface area contributed by atoms with Gasteiger partial charge in [-0.15, -0.1) is 0 Å². The van der Waals surface area contributed by atoms with E-state index in [2.05, 4.69) is 10.3 Å². The first kappa shape index (κ1) is 7.28. The maximum absolute atomic E-state index is 5.71. The first-order valence-corrected chi connectivity index (χ1v) is 3.45. The second-order valence-corrected chi connectivity index (χ2v) is 2.36. The zero-order valence-corrected chi connectivity index (χ0v) is 6.22. The Morgan fingerprint density at radius 3 is 3.10 bits per heavy atom. The van der Waals surface area contributed by atoms with E-state index in [0.29, 0.717) is 0 Å². The monoisotopic (exact) mass is 139 g/mol. The fourth-order valence-corrected chi connectivity index (χ4v) is 1.00. The van der Waals surface area contributed by atoms with Crippen LogP contribution in [0.3, 0.4) is 0 Å². The minimum absolute atomic E-state index is 0.864. The highest BCUT2D eigenvalue weighted by Crippen LogP contribution is 2.03. The molecular weight excluding hydrogens is 126 g/mol. The lowest BCUT2D eigenvalue weighted by Gasteiger charge is -2.14. The fraction of sp³-hybridized carbons (Fsp3) is 0.571. The summed E-state index contributed by atoms with van der Waals surface area (Å²) in [5.41, 5.74) is 7.82. The largest absolute Gasteiger partial charge is 0.402 e. The minimum atomic E-state index is 0.864. The van der Waals surface area contributed by atoms with Gasteiger partial charge < -0.3 is 11.1 Å². The summed E-state index contributed by atoms with van der Waals surface area (Å²) in [5, 5.41) is 3.22. The number of nitrogens with one attached hydrogen (secondary N) is 1. The Hall–Kier alpha value is -0.830. The second kappa shape index (κ2) is 3.37. The van der Waals surface area contributed by atoms with Gasteiger partial charge >= 0.3 is 0 Å². The van der Waals surface area contributed by atoms with E-state index in [0.717, 1.165) is 30.8 Å². The molecule has 0 aromatic heterocycles. The van der Waals surface area contributed by atoms with Crippen molar-refractivity contribution in [3.63, 3.8) is 0 Å². The molecule has 3 heteroatoms. The summed E-state index contributed by atoms with van der Waals surface area (Å²) < 4.78 is 0. The lowest BCUT2D eigenvalue weighted by Crippen LogP contribution is -2.28. The van der Waals surface area contributed by atoms with E-state index in [-0.39, 0.29) is 0 Å². The van der Waals surface area contributed by atoms with Crippen molar-refractivity contribution in [2.75, 3.05) is 20.1 Å². The molecule has 0 saturated carbocycles. The highest BCUT2D eigenvalue weighted by Gasteiger charge is 2.05. The second-order valence-electron chi connectivity index (χ2n) is 2.36. The summed E-state index contributed by atoms with van der Waals surface area (Å²) in [6.45, 7) is 1.86. The highest BCUT2D eigenvalue weighted by atomic mass is 14.9. The van der Waals surface area contributed by atoms with Crippen LogP contribution in [0.4, 0.5) is 0 Å². The third-order valence-electron chi connectivity index (χ3n) is 1.58. The molecule has 56 valence electrons. The van der Waals surface area contributed by atoms with E-state index in [1.807, 2.05) is 6.21 Å². The average Bonchev–Trinajstić information content (AvgIpc) is 1.94. The van der Waals surface area contributed by atoms with Gasteiger partial charge in [-0.3, -0.25) is 4.99 Å². The number of rotatable bonds is 1.